The van der Waals surface area contributed by atoms with Gasteiger partial charge in [0.2, 0.25) is 0 Å². The van der Waals surface area contributed by atoms with Crippen molar-refractivity contribution in [1.82, 2.24) is 9.88 Å². The normalized spacial score (nSPS) is 21.3. The summed E-state index contributed by atoms with van der Waals surface area (Å²) in [7, 11) is 0. The molecule has 0 radical (unpaired) electrons. The third-order valence-corrected chi connectivity index (χ3v) is 7.68. The van der Waals surface area contributed by atoms with Crippen molar-refractivity contribution in [3.8, 4) is 40.0 Å². The van der Waals surface area contributed by atoms with Crippen molar-refractivity contribution in [2.45, 2.75) is 25.8 Å². The summed E-state index contributed by atoms with van der Waals surface area (Å²) < 4.78 is 11.4. The van der Waals surface area contributed by atoms with Crippen molar-refractivity contribution in [1.29, 1.82) is 5.26 Å². The van der Waals surface area contributed by atoms with Gasteiger partial charge >= 0.3 is 0 Å². The third-order valence-electron chi connectivity index (χ3n) is 7.39. The average molecular weight is 472 g/mol. The minimum absolute atomic E-state index is 0.520. The maximum atomic E-state index is 10.1. The van der Waals surface area contributed by atoms with Crippen molar-refractivity contribution >= 4 is 11.6 Å². The lowest BCUT2D eigenvalue weighted by Gasteiger charge is -2.19. The van der Waals surface area contributed by atoms with Gasteiger partial charge < -0.3 is 9.47 Å². The van der Waals surface area contributed by atoms with Crippen LogP contribution < -0.4 is 9.47 Å². The Labute approximate surface area is 204 Å². The van der Waals surface area contributed by atoms with Crippen molar-refractivity contribution in [2.24, 2.45) is 11.8 Å². The summed E-state index contributed by atoms with van der Waals surface area (Å²) in [5, 5.41) is 10.7. The molecule has 6 rings (SSSR count). The molecule has 34 heavy (non-hydrogen) atoms. The molecule has 5 nitrogen and oxygen atoms in total. The van der Waals surface area contributed by atoms with Crippen LogP contribution in [0, 0.1) is 23.2 Å². The summed E-state index contributed by atoms with van der Waals surface area (Å²) in [4.78, 5) is 7.25. The summed E-state index contributed by atoms with van der Waals surface area (Å²) in [6.45, 7) is 4.30. The maximum absolute atomic E-state index is 10.1. The highest BCUT2D eigenvalue weighted by Crippen LogP contribution is 2.40. The number of pyridine rings is 1. The second kappa shape index (κ2) is 8.94. The summed E-state index contributed by atoms with van der Waals surface area (Å²) in [6.07, 6.45) is 6.04. The van der Waals surface area contributed by atoms with Gasteiger partial charge in [0.05, 0.1) is 16.3 Å². The SMILES string of the molecule is N#Cc1c(-c2ccc3c(c2)OCCO3)cccc1-c1ncc(CN2CC3CCCC3C2)cc1Cl. The second-order valence-corrected chi connectivity index (χ2v) is 9.92. The Bertz CT molecular complexity index is 1270. The number of hydrogen-bond acceptors (Lipinski definition) is 5. The molecule has 0 amide bonds. The van der Waals surface area contributed by atoms with Crippen LogP contribution >= 0.6 is 11.6 Å². The Hall–Kier alpha value is -3.07. The molecule has 1 aliphatic carbocycles. The highest BCUT2D eigenvalue weighted by Gasteiger charge is 2.35. The number of aromatic nitrogens is 1. The number of rotatable bonds is 4. The molecule has 6 heteroatoms. The fraction of sp³-hybridized carbons (Fsp3) is 0.357. The summed E-state index contributed by atoms with van der Waals surface area (Å²) in [5.74, 6) is 3.16. The van der Waals surface area contributed by atoms with Crippen molar-refractivity contribution in [3.05, 3.63) is 64.8 Å². The molecular formula is C28H26ClN3O2. The van der Waals surface area contributed by atoms with Gasteiger partial charge in [-0.25, -0.2) is 0 Å². The van der Waals surface area contributed by atoms with Gasteiger partial charge in [0.1, 0.15) is 19.3 Å². The van der Waals surface area contributed by atoms with E-state index in [2.05, 4.69) is 11.0 Å². The highest BCUT2D eigenvalue weighted by atomic mass is 35.5. The molecule has 2 atom stereocenters. The van der Waals surface area contributed by atoms with E-state index >= 15 is 0 Å². The van der Waals surface area contributed by atoms with Gasteiger partial charge in [-0.05, 0) is 54.0 Å². The number of likely N-dealkylation sites (tertiary alicyclic amines) is 1. The maximum Gasteiger partial charge on any atom is 0.161 e. The van der Waals surface area contributed by atoms with E-state index in [1.54, 1.807) is 0 Å². The topological polar surface area (TPSA) is 58.4 Å². The van der Waals surface area contributed by atoms with Gasteiger partial charge in [0.25, 0.3) is 0 Å². The van der Waals surface area contributed by atoms with Gasteiger partial charge in [-0.1, -0.05) is 42.3 Å². The van der Waals surface area contributed by atoms with Gasteiger partial charge in [0.15, 0.2) is 11.5 Å². The Morgan fingerprint density at radius 1 is 1.00 bits per heavy atom. The zero-order valence-electron chi connectivity index (χ0n) is 19.0. The van der Waals surface area contributed by atoms with Crippen LogP contribution in [0.5, 0.6) is 11.5 Å². The quantitative estimate of drug-likeness (QED) is 0.471. The molecule has 3 aliphatic rings. The molecule has 2 unspecified atom stereocenters. The Balaban J connectivity index is 1.29. The number of ether oxygens (including phenoxy) is 2. The van der Waals surface area contributed by atoms with Crippen LogP contribution in [0.4, 0.5) is 0 Å². The molecular weight excluding hydrogens is 446 g/mol. The lowest BCUT2D eigenvalue weighted by atomic mass is 9.94. The highest BCUT2D eigenvalue weighted by molar-refractivity contribution is 6.33. The third kappa shape index (κ3) is 3.91. The number of nitriles is 1. The monoisotopic (exact) mass is 471 g/mol. The summed E-state index contributed by atoms with van der Waals surface area (Å²) in [5.41, 5.74) is 4.77. The van der Waals surface area contributed by atoms with E-state index in [9.17, 15) is 5.26 Å². The molecule has 2 fully saturated rings. The molecule has 2 aliphatic heterocycles. The first kappa shape index (κ1) is 21.5. The van der Waals surface area contributed by atoms with Crippen LogP contribution in [0.25, 0.3) is 22.4 Å². The van der Waals surface area contributed by atoms with Crippen LogP contribution in [-0.2, 0) is 6.54 Å². The standard InChI is InChI=1S/C28H26ClN3O2/c29-25-11-18(15-32-16-20-3-1-4-21(20)17-32)14-31-28(25)23-6-2-5-22(24(23)13-30)19-7-8-26-27(12-19)34-10-9-33-26/h2,5-8,11-12,14,20-21H,1,3-4,9-10,15-17H2. The molecule has 3 aromatic rings. The summed E-state index contributed by atoms with van der Waals surface area (Å²) in [6, 6.07) is 16.0. The first-order valence-corrected chi connectivity index (χ1v) is 12.4. The van der Waals surface area contributed by atoms with E-state index < -0.39 is 0 Å². The summed E-state index contributed by atoms with van der Waals surface area (Å²) >= 11 is 6.74. The molecule has 2 aromatic carbocycles. The predicted octanol–water partition coefficient (Wildman–Crippen LogP) is 5.94. The van der Waals surface area contributed by atoms with Crippen LogP contribution in [-0.4, -0.2) is 36.2 Å². The predicted molar refractivity (Wildman–Crippen MR) is 132 cm³/mol. The van der Waals surface area contributed by atoms with Gasteiger partial charge in [-0.3, -0.25) is 9.88 Å². The fourth-order valence-corrected chi connectivity index (χ4v) is 6.09. The van der Waals surface area contributed by atoms with Crippen molar-refractivity contribution in [2.75, 3.05) is 26.3 Å². The molecule has 172 valence electrons. The van der Waals surface area contributed by atoms with Crippen molar-refractivity contribution < 1.29 is 9.47 Å². The van der Waals surface area contributed by atoms with E-state index in [4.69, 9.17) is 26.1 Å². The first-order valence-electron chi connectivity index (χ1n) is 12.0. The number of benzene rings is 2. The molecule has 0 spiro atoms. The Kier molecular flexibility index (Phi) is 5.64. The van der Waals surface area contributed by atoms with E-state index in [0.717, 1.165) is 46.4 Å². The number of nitrogens with zero attached hydrogens (tertiary/aromatic N) is 3. The minimum Gasteiger partial charge on any atom is -0.486 e. The molecule has 1 aromatic heterocycles. The zero-order valence-corrected chi connectivity index (χ0v) is 19.7. The van der Waals surface area contributed by atoms with Crippen LogP contribution in [0.3, 0.4) is 0 Å². The van der Waals surface area contributed by atoms with Gasteiger partial charge in [-0.15, -0.1) is 0 Å². The van der Waals surface area contributed by atoms with Gasteiger partial charge in [-0.2, -0.15) is 5.26 Å². The van der Waals surface area contributed by atoms with E-state index in [1.165, 1.54) is 32.4 Å². The number of halogens is 1. The Morgan fingerprint density at radius 3 is 2.53 bits per heavy atom. The average Bonchev–Trinajstić information content (AvgIpc) is 3.45. The molecule has 3 heterocycles. The minimum atomic E-state index is 0.520. The second-order valence-electron chi connectivity index (χ2n) is 9.52. The van der Waals surface area contributed by atoms with Crippen LogP contribution in [0.15, 0.2) is 48.7 Å². The molecule has 1 saturated heterocycles. The molecule has 1 saturated carbocycles. The van der Waals surface area contributed by atoms with E-state index in [0.29, 0.717) is 35.2 Å². The van der Waals surface area contributed by atoms with E-state index in [1.807, 2.05) is 48.7 Å². The number of fused-ring (bicyclic) bond motifs is 2. The smallest absolute Gasteiger partial charge is 0.161 e. The zero-order chi connectivity index (χ0) is 23.1. The van der Waals surface area contributed by atoms with Crippen molar-refractivity contribution in [3.63, 3.8) is 0 Å². The largest absolute Gasteiger partial charge is 0.486 e. The fourth-order valence-electron chi connectivity index (χ4n) is 5.80. The van der Waals surface area contributed by atoms with E-state index in [-0.39, 0.29) is 0 Å². The first-order chi connectivity index (χ1) is 16.7. The van der Waals surface area contributed by atoms with Crippen LogP contribution in [0.2, 0.25) is 5.02 Å². The Morgan fingerprint density at radius 2 is 1.76 bits per heavy atom. The van der Waals surface area contributed by atoms with Crippen LogP contribution in [0.1, 0.15) is 30.4 Å². The molecule has 0 bridgehead atoms. The number of hydrogen-bond donors (Lipinski definition) is 0. The lowest BCUT2D eigenvalue weighted by molar-refractivity contribution is 0.171. The van der Waals surface area contributed by atoms with Gasteiger partial charge in [0, 0.05) is 37.0 Å². The molecule has 0 N–H and O–H groups in total. The lowest BCUT2D eigenvalue weighted by Crippen LogP contribution is -2.21.